The number of hydrogen-bond donors (Lipinski definition) is 8. The van der Waals surface area contributed by atoms with Gasteiger partial charge in [-0.15, -0.1) is 0 Å². The van der Waals surface area contributed by atoms with Gasteiger partial charge in [0.05, 0.1) is 37.4 Å². The Morgan fingerprint density at radius 3 is 2.25 bits per heavy atom. The quantitative estimate of drug-likeness (QED) is 0.0232. The molecule has 338 valence electrons. The summed E-state index contributed by atoms with van der Waals surface area (Å²) in [5.74, 6) is -6.11. The smallest absolute Gasteiger partial charge is 0.247 e. The summed E-state index contributed by atoms with van der Waals surface area (Å²) in [7, 11) is 0. The van der Waals surface area contributed by atoms with Crippen LogP contribution in [0.1, 0.15) is 90.5 Å². The number of nitrogens with zero attached hydrogens (tertiary/aromatic N) is 1. The molecule has 2 heterocycles. The number of guanidine groups is 1. The van der Waals surface area contributed by atoms with Gasteiger partial charge >= 0.3 is 0 Å². The molecule has 2 bridgehead atoms. The number of fused-ring (bicyclic) bond motifs is 11. The van der Waals surface area contributed by atoms with Crippen LogP contribution in [0.2, 0.25) is 0 Å². The molecule has 2 aliphatic rings. The Hall–Kier alpha value is -5.37. The summed E-state index contributed by atoms with van der Waals surface area (Å²) >= 11 is 0.812. The maximum Gasteiger partial charge on any atom is 0.247 e. The summed E-state index contributed by atoms with van der Waals surface area (Å²) in [6, 6.07) is 6.01. The zero-order valence-electron chi connectivity index (χ0n) is 35.3. The van der Waals surface area contributed by atoms with Gasteiger partial charge in [0.2, 0.25) is 29.5 Å². The molecular weight excluding hydrogens is 813 g/mol. The van der Waals surface area contributed by atoms with E-state index < -0.39 is 59.1 Å². The summed E-state index contributed by atoms with van der Waals surface area (Å²) < 4.78 is 5.84. The molecule has 5 amide bonds. The first kappa shape index (κ1) is 51.8. The summed E-state index contributed by atoms with van der Waals surface area (Å²) in [4.78, 5) is 118. The van der Waals surface area contributed by atoms with E-state index in [1.165, 1.54) is 6.92 Å². The molecule has 0 spiro atoms. The van der Waals surface area contributed by atoms with Crippen molar-refractivity contribution < 1.29 is 53.1 Å². The van der Waals surface area contributed by atoms with Crippen LogP contribution in [0.3, 0.4) is 0 Å². The number of aliphatic imine (C=N–C) groups is 1. The Labute approximate surface area is 360 Å². The third kappa shape index (κ3) is 21.6. The summed E-state index contributed by atoms with van der Waals surface area (Å²) in [5, 5.41) is 19.8. The predicted molar refractivity (Wildman–Crippen MR) is 227 cm³/mol. The van der Waals surface area contributed by atoms with Crippen molar-refractivity contribution in [3.63, 3.8) is 0 Å². The van der Waals surface area contributed by atoms with Crippen molar-refractivity contribution in [1.82, 2.24) is 26.7 Å². The van der Waals surface area contributed by atoms with Gasteiger partial charge in [0.1, 0.15) is 5.75 Å². The van der Waals surface area contributed by atoms with Crippen molar-refractivity contribution in [2.75, 3.05) is 38.5 Å². The lowest BCUT2D eigenvalue weighted by molar-refractivity contribution is -0.142. The summed E-state index contributed by atoms with van der Waals surface area (Å²) in [5.41, 5.74) is 13.4. The number of benzene rings is 1. The molecule has 1 aromatic carbocycles. The first-order chi connectivity index (χ1) is 29.0. The lowest BCUT2D eigenvalue weighted by Crippen LogP contribution is -2.49. The highest BCUT2D eigenvalue weighted by atomic mass is 32.2. The lowest BCUT2D eigenvalue weighted by Gasteiger charge is -2.29. The van der Waals surface area contributed by atoms with Gasteiger partial charge in [-0.1, -0.05) is 37.7 Å². The molecule has 10 N–H and O–H groups in total. The van der Waals surface area contributed by atoms with E-state index in [-0.39, 0.29) is 118 Å². The molecular formula is C41H62N8O11S. The number of thioether (sulfide) groups is 1. The molecule has 20 heteroatoms. The van der Waals surface area contributed by atoms with E-state index in [0.29, 0.717) is 25.0 Å². The molecule has 19 nitrogen and oxygen atoms in total. The van der Waals surface area contributed by atoms with Gasteiger partial charge < -0.3 is 37.5 Å². The number of Topliss-reactive ketones (excluding diaryl/α,β-unsaturated/α-hetero) is 3. The Bertz CT molecular complexity index is 1700. The number of amides is 5. The first-order valence-corrected chi connectivity index (χ1v) is 21.5. The SMILES string of the molecule is CC(=O)SCC(=O)NCC(=O)CCC(=O)NCC(=O)CCCNC(=O)[C@H](CCCN=C(N)N)CC(=O)[C@@H]1Cc2ccc(cc2)OCCC[C@H](C(=O)NO)[C@@H](CC(C)C)C(=O)N1. The van der Waals surface area contributed by atoms with Crippen molar-refractivity contribution in [2.45, 2.75) is 97.4 Å². The number of hydroxylamine groups is 1. The maximum atomic E-state index is 14.1. The third-order valence-corrected chi connectivity index (χ3v) is 10.6. The second-order valence-electron chi connectivity index (χ2n) is 15.3. The second kappa shape index (κ2) is 28.2. The number of carbonyl (C=O) groups excluding carboxylic acids is 9. The van der Waals surface area contributed by atoms with Crippen LogP contribution in [0.25, 0.3) is 0 Å². The molecule has 0 saturated heterocycles. The Balaban J connectivity index is 2.06. The number of ether oxygens (including phenoxy) is 1. The van der Waals surface area contributed by atoms with Gasteiger partial charge in [0.25, 0.3) is 0 Å². The number of nitrogens with two attached hydrogens (primary N) is 2. The lowest BCUT2D eigenvalue weighted by atomic mass is 9.81. The van der Waals surface area contributed by atoms with Crippen molar-refractivity contribution in [3.05, 3.63) is 29.8 Å². The van der Waals surface area contributed by atoms with Gasteiger partial charge in [0, 0.05) is 57.5 Å². The summed E-state index contributed by atoms with van der Waals surface area (Å²) in [6.45, 7) is 5.13. The van der Waals surface area contributed by atoms with Crippen LogP contribution in [-0.4, -0.2) is 108 Å². The van der Waals surface area contributed by atoms with Gasteiger partial charge in [-0.3, -0.25) is 53.4 Å². The number of nitrogens with one attached hydrogen (secondary N) is 5. The van der Waals surface area contributed by atoms with Crippen LogP contribution in [0.4, 0.5) is 0 Å². The highest BCUT2D eigenvalue weighted by Gasteiger charge is 2.36. The fourth-order valence-electron chi connectivity index (χ4n) is 6.56. The molecule has 2 aliphatic heterocycles. The van der Waals surface area contributed by atoms with Gasteiger partial charge in [-0.2, -0.15) is 0 Å². The minimum absolute atomic E-state index is 0.00562. The van der Waals surface area contributed by atoms with Crippen molar-refractivity contribution in [3.8, 4) is 5.75 Å². The van der Waals surface area contributed by atoms with Crippen molar-refractivity contribution in [2.24, 2.45) is 40.1 Å². The largest absolute Gasteiger partial charge is 0.494 e. The highest BCUT2D eigenvalue weighted by molar-refractivity contribution is 8.14. The fraction of sp³-hybridized carbons (Fsp3) is 0.610. The average Bonchev–Trinajstić information content (AvgIpc) is 3.21. The zero-order valence-corrected chi connectivity index (χ0v) is 36.1. The van der Waals surface area contributed by atoms with E-state index in [2.05, 4.69) is 26.3 Å². The number of carbonyl (C=O) groups is 9. The Kier molecular flexibility index (Phi) is 23.9. The van der Waals surface area contributed by atoms with Crippen molar-refractivity contribution in [1.29, 1.82) is 0 Å². The summed E-state index contributed by atoms with van der Waals surface area (Å²) in [6.07, 6.45) is 1.28. The third-order valence-electron chi connectivity index (χ3n) is 9.75. The van der Waals surface area contributed by atoms with Gasteiger partial charge in [-0.05, 0) is 68.6 Å². The molecule has 1 aromatic rings. The van der Waals surface area contributed by atoms with E-state index in [0.717, 1.165) is 17.3 Å². The van der Waals surface area contributed by atoms with Crippen LogP contribution < -0.4 is 43.0 Å². The van der Waals surface area contributed by atoms with E-state index >= 15 is 0 Å². The van der Waals surface area contributed by atoms with Crippen LogP contribution >= 0.6 is 11.8 Å². The monoisotopic (exact) mass is 874 g/mol. The standard InChI is InChI=1S/C41H62N8O11S/c1-25(2)19-33-32(40(58)49-59)9-6-18-60-31-13-10-27(11-14-31)20-34(48-39(33)57)35(53)21-28(7-4-17-45-41(42)43)38(56)44-16-5-8-29(51)22-46-36(54)15-12-30(52)23-47-37(55)24-61-26(3)50/h10-11,13-14,25,28,32-34,59H,4-9,12,15-24H2,1-3H3,(H,44,56)(H,46,54)(H,47,55)(H,48,57)(H,49,58)(H4,42,43,45)/t28-,32+,33-,34+/m1/s1. The second-order valence-corrected chi connectivity index (χ2v) is 16.5. The molecule has 0 fully saturated rings. The Morgan fingerprint density at radius 1 is 0.934 bits per heavy atom. The molecule has 0 unspecified atom stereocenters. The van der Waals surface area contributed by atoms with E-state index in [1.807, 2.05) is 13.8 Å². The minimum Gasteiger partial charge on any atom is -0.494 e. The zero-order chi connectivity index (χ0) is 45.3. The first-order valence-electron chi connectivity index (χ1n) is 20.5. The topological polar surface area (TPSA) is 308 Å². The molecule has 61 heavy (non-hydrogen) atoms. The van der Waals surface area contributed by atoms with E-state index in [9.17, 15) is 48.4 Å². The Morgan fingerprint density at radius 2 is 1.61 bits per heavy atom. The number of ketones is 3. The van der Waals surface area contributed by atoms with Crippen LogP contribution in [0.5, 0.6) is 5.75 Å². The van der Waals surface area contributed by atoms with Gasteiger partial charge in [-0.25, -0.2) is 5.48 Å². The normalized spacial score (nSPS) is 17.1. The molecule has 0 radical (unpaired) electrons. The maximum absolute atomic E-state index is 14.1. The van der Waals surface area contributed by atoms with Crippen LogP contribution in [-0.2, 0) is 49.6 Å². The highest BCUT2D eigenvalue weighted by Crippen LogP contribution is 2.27. The molecule has 0 saturated carbocycles. The predicted octanol–water partition coefficient (Wildman–Crippen LogP) is 0.626. The van der Waals surface area contributed by atoms with Crippen LogP contribution in [0, 0.1) is 23.7 Å². The van der Waals surface area contributed by atoms with Crippen LogP contribution in [0.15, 0.2) is 29.3 Å². The van der Waals surface area contributed by atoms with E-state index in [1.54, 1.807) is 29.7 Å². The minimum atomic E-state index is -1.07. The number of hydrogen-bond acceptors (Lipinski definition) is 13. The van der Waals surface area contributed by atoms with Crippen molar-refractivity contribution >= 4 is 69.7 Å². The number of rotatable bonds is 24. The molecule has 0 aliphatic carbocycles. The fourth-order valence-corrected chi connectivity index (χ4v) is 7.00. The molecule has 3 rings (SSSR count). The van der Waals surface area contributed by atoms with E-state index in [4.69, 9.17) is 16.2 Å². The molecule has 0 aromatic heterocycles. The molecule has 4 atom stereocenters. The average molecular weight is 875 g/mol. The van der Waals surface area contributed by atoms with Gasteiger partial charge in [0.15, 0.2) is 28.4 Å².